The summed E-state index contributed by atoms with van der Waals surface area (Å²) in [7, 11) is -3.62. The number of carbonyl (C=O) groups is 1. The molecule has 0 aliphatic rings. The van der Waals surface area contributed by atoms with Crippen molar-refractivity contribution in [1.29, 1.82) is 5.26 Å². The number of nitrogens with zero attached hydrogens (tertiary/aromatic N) is 2. The van der Waals surface area contributed by atoms with Crippen LogP contribution in [0.15, 0.2) is 47.4 Å². The van der Waals surface area contributed by atoms with Gasteiger partial charge in [-0.25, -0.2) is 8.42 Å². The molecule has 0 radical (unpaired) electrons. The number of hydrogen-bond donors (Lipinski definition) is 2. The van der Waals surface area contributed by atoms with Crippen molar-refractivity contribution < 1.29 is 17.9 Å². The van der Waals surface area contributed by atoms with Crippen molar-refractivity contribution in [3.05, 3.63) is 48.0 Å². The number of anilines is 2. The van der Waals surface area contributed by atoms with Gasteiger partial charge in [0.25, 0.3) is 0 Å². The molecule has 2 aromatic carbocycles. The van der Waals surface area contributed by atoms with Gasteiger partial charge >= 0.3 is 0 Å². The van der Waals surface area contributed by atoms with Gasteiger partial charge in [-0.05, 0) is 43.3 Å². The maximum absolute atomic E-state index is 12.7. The van der Waals surface area contributed by atoms with E-state index in [0.717, 1.165) is 0 Å². The largest absolute Gasteiger partial charge is 0.492 e. The van der Waals surface area contributed by atoms with Crippen LogP contribution in [0.4, 0.5) is 11.4 Å². The third-order valence-electron chi connectivity index (χ3n) is 4.31. The van der Waals surface area contributed by atoms with Crippen LogP contribution in [0.3, 0.4) is 0 Å². The first kappa shape index (κ1) is 23.2. The third kappa shape index (κ3) is 5.72. The van der Waals surface area contributed by atoms with E-state index >= 15 is 0 Å². The fraction of sp³-hybridized carbons (Fsp3) is 0.333. The summed E-state index contributed by atoms with van der Waals surface area (Å²) < 4.78 is 32.2. The first-order valence-electron chi connectivity index (χ1n) is 9.66. The van der Waals surface area contributed by atoms with Crippen LogP contribution < -0.4 is 15.4 Å². The van der Waals surface area contributed by atoms with E-state index in [1.807, 2.05) is 13.0 Å². The highest BCUT2D eigenvalue weighted by molar-refractivity contribution is 7.89. The summed E-state index contributed by atoms with van der Waals surface area (Å²) >= 11 is 0. The van der Waals surface area contributed by atoms with Crippen molar-refractivity contribution in [3.63, 3.8) is 0 Å². The predicted molar refractivity (Wildman–Crippen MR) is 116 cm³/mol. The van der Waals surface area contributed by atoms with Crippen LogP contribution in [0, 0.1) is 11.3 Å². The molecule has 0 fully saturated rings. The molecule has 2 aromatic rings. The van der Waals surface area contributed by atoms with E-state index in [-0.39, 0.29) is 17.3 Å². The molecule has 0 unspecified atom stereocenters. The second-order valence-corrected chi connectivity index (χ2v) is 8.21. The summed E-state index contributed by atoms with van der Waals surface area (Å²) in [6.45, 7) is 6.48. The maximum Gasteiger partial charge on any atom is 0.243 e. The summed E-state index contributed by atoms with van der Waals surface area (Å²) in [4.78, 5) is 12.5. The zero-order valence-electron chi connectivity index (χ0n) is 17.3. The Balaban J connectivity index is 2.10. The van der Waals surface area contributed by atoms with Crippen LogP contribution in [0.1, 0.15) is 26.3 Å². The van der Waals surface area contributed by atoms with Crippen LogP contribution in [-0.2, 0) is 14.8 Å². The Bertz CT molecular complexity index is 1030. The van der Waals surface area contributed by atoms with Crippen molar-refractivity contribution in [2.45, 2.75) is 25.7 Å². The molecule has 9 heteroatoms. The molecular weight excluding hydrogens is 404 g/mol. The molecule has 2 rings (SSSR count). The lowest BCUT2D eigenvalue weighted by molar-refractivity contribution is -0.114. The molecule has 0 spiro atoms. The van der Waals surface area contributed by atoms with Gasteiger partial charge in [0.15, 0.2) is 0 Å². The van der Waals surface area contributed by atoms with Gasteiger partial charge in [0, 0.05) is 18.8 Å². The van der Waals surface area contributed by atoms with Gasteiger partial charge in [0.1, 0.15) is 5.75 Å². The van der Waals surface area contributed by atoms with Crippen molar-refractivity contribution in [3.8, 4) is 11.8 Å². The second kappa shape index (κ2) is 10.6. The van der Waals surface area contributed by atoms with Crippen LogP contribution in [0.5, 0.6) is 5.75 Å². The standard InChI is InChI=1S/C21H26N4O4S/c1-4-25(5-2)30(27,28)18-9-7-8-17(13-18)24-21(26)15-23-19-12-16(14-22)10-11-20(19)29-6-3/h7-13,23H,4-6,15H2,1-3H3,(H,24,26). The Hall–Kier alpha value is -3.09. The predicted octanol–water partition coefficient (Wildman–Crippen LogP) is 3.04. The summed E-state index contributed by atoms with van der Waals surface area (Å²) in [5, 5.41) is 14.7. The number of ether oxygens (including phenoxy) is 1. The molecule has 0 bridgehead atoms. The number of benzene rings is 2. The monoisotopic (exact) mass is 430 g/mol. The molecule has 0 aliphatic heterocycles. The Morgan fingerprint density at radius 2 is 1.87 bits per heavy atom. The number of sulfonamides is 1. The van der Waals surface area contributed by atoms with Crippen LogP contribution >= 0.6 is 0 Å². The van der Waals surface area contributed by atoms with E-state index < -0.39 is 10.0 Å². The first-order chi connectivity index (χ1) is 14.3. The average Bonchev–Trinajstić information content (AvgIpc) is 2.74. The lowest BCUT2D eigenvalue weighted by Gasteiger charge is -2.19. The minimum atomic E-state index is -3.62. The number of carbonyl (C=O) groups excluding carboxylic acids is 1. The summed E-state index contributed by atoms with van der Waals surface area (Å²) in [6.07, 6.45) is 0. The van der Waals surface area contributed by atoms with E-state index in [9.17, 15) is 13.2 Å². The van der Waals surface area contributed by atoms with Crippen LogP contribution in [0.25, 0.3) is 0 Å². The zero-order chi connectivity index (χ0) is 22.1. The molecule has 0 saturated carbocycles. The maximum atomic E-state index is 12.7. The van der Waals surface area contributed by atoms with Crippen molar-refractivity contribution in [2.75, 3.05) is 36.9 Å². The fourth-order valence-electron chi connectivity index (χ4n) is 2.85. The van der Waals surface area contributed by atoms with Crippen LogP contribution in [0.2, 0.25) is 0 Å². The molecule has 0 heterocycles. The third-order valence-corrected chi connectivity index (χ3v) is 6.35. The molecule has 160 valence electrons. The molecular formula is C21H26N4O4S. The van der Waals surface area contributed by atoms with Gasteiger partial charge in [-0.2, -0.15) is 9.57 Å². The number of nitriles is 1. The molecule has 1 amide bonds. The van der Waals surface area contributed by atoms with Gasteiger partial charge < -0.3 is 15.4 Å². The molecule has 0 aliphatic carbocycles. The van der Waals surface area contributed by atoms with Crippen molar-refractivity contribution in [2.24, 2.45) is 0 Å². The highest BCUT2D eigenvalue weighted by Gasteiger charge is 2.21. The minimum absolute atomic E-state index is 0.0814. The highest BCUT2D eigenvalue weighted by Crippen LogP contribution is 2.25. The number of rotatable bonds is 10. The van der Waals surface area contributed by atoms with E-state index in [1.54, 1.807) is 44.2 Å². The summed E-state index contributed by atoms with van der Waals surface area (Å²) in [5.41, 5.74) is 1.35. The second-order valence-electron chi connectivity index (χ2n) is 6.27. The molecule has 8 nitrogen and oxygen atoms in total. The van der Waals surface area contributed by atoms with Gasteiger partial charge in [0.2, 0.25) is 15.9 Å². The van der Waals surface area contributed by atoms with Gasteiger partial charge in [-0.1, -0.05) is 19.9 Å². The molecule has 0 atom stereocenters. The van der Waals surface area contributed by atoms with E-state index in [1.165, 1.54) is 16.4 Å². The van der Waals surface area contributed by atoms with Crippen LogP contribution in [-0.4, -0.2) is 44.9 Å². The Kier molecular flexibility index (Phi) is 8.21. The van der Waals surface area contributed by atoms with Gasteiger partial charge in [-0.15, -0.1) is 0 Å². The van der Waals surface area contributed by atoms with Gasteiger partial charge in [0.05, 0.1) is 35.4 Å². The number of amides is 1. The average molecular weight is 431 g/mol. The Morgan fingerprint density at radius 1 is 1.13 bits per heavy atom. The van der Waals surface area contributed by atoms with E-state index in [4.69, 9.17) is 10.00 Å². The fourth-order valence-corrected chi connectivity index (χ4v) is 4.35. The van der Waals surface area contributed by atoms with Crippen molar-refractivity contribution >= 4 is 27.3 Å². The SMILES string of the molecule is CCOc1ccc(C#N)cc1NCC(=O)Nc1cccc(S(=O)(=O)N(CC)CC)c1. The lowest BCUT2D eigenvalue weighted by atomic mass is 10.2. The molecule has 2 N–H and O–H groups in total. The minimum Gasteiger partial charge on any atom is -0.492 e. The Labute approximate surface area is 177 Å². The normalized spacial score (nSPS) is 11.0. The molecule has 0 saturated heterocycles. The number of nitrogens with one attached hydrogen (secondary N) is 2. The number of hydrogen-bond acceptors (Lipinski definition) is 6. The lowest BCUT2D eigenvalue weighted by Crippen LogP contribution is -2.30. The quantitative estimate of drug-likeness (QED) is 0.599. The first-order valence-corrected chi connectivity index (χ1v) is 11.1. The topological polar surface area (TPSA) is 112 Å². The van der Waals surface area contributed by atoms with E-state index in [0.29, 0.717) is 42.4 Å². The summed E-state index contributed by atoms with van der Waals surface area (Å²) in [6, 6.07) is 13.1. The van der Waals surface area contributed by atoms with E-state index in [2.05, 4.69) is 10.6 Å². The van der Waals surface area contributed by atoms with Gasteiger partial charge in [-0.3, -0.25) is 4.79 Å². The molecule has 30 heavy (non-hydrogen) atoms. The van der Waals surface area contributed by atoms with Crippen molar-refractivity contribution in [1.82, 2.24) is 4.31 Å². The smallest absolute Gasteiger partial charge is 0.243 e. The zero-order valence-corrected chi connectivity index (χ0v) is 18.1. The highest BCUT2D eigenvalue weighted by atomic mass is 32.2. The Morgan fingerprint density at radius 3 is 2.50 bits per heavy atom. The molecule has 0 aromatic heterocycles. The summed E-state index contributed by atoms with van der Waals surface area (Å²) in [5.74, 6) is 0.175.